The minimum atomic E-state index is -0.799. The number of methoxy groups -OCH3 is 1. The van der Waals surface area contributed by atoms with Gasteiger partial charge in [0.05, 0.1) is 18.6 Å². The summed E-state index contributed by atoms with van der Waals surface area (Å²) >= 11 is 0. The molecular formula is C31H50O3. The van der Waals surface area contributed by atoms with E-state index in [1.807, 2.05) is 6.92 Å². The van der Waals surface area contributed by atoms with Gasteiger partial charge in [0, 0.05) is 0 Å². The first-order valence-electron chi connectivity index (χ1n) is 14.2. The Morgan fingerprint density at radius 1 is 0.912 bits per heavy atom. The van der Waals surface area contributed by atoms with Gasteiger partial charge in [-0.25, -0.2) is 0 Å². The largest absolute Gasteiger partial charge is 0.469 e. The number of hydrogen-bond acceptors (Lipinski definition) is 3. The number of carbonyl (C=O) groups excluding carboxylic acids is 1. The Kier molecular flexibility index (Phi) is 5.38. The smallest absolute Gasteiger partial charge is 0.314 e. The first kappa shape index (κ1) is 24.8. The molecule has 4 fully saturated rings. The van der Waals surface area contributed by atoms with E-state index >= 15 is 0 Å². The van der Waals surface area contributed by atoms with E-state index in [4.69, 9.17) is 4.74 Å². The molecule has 0 aromatic heterocycles. The molecule has 192 valence electrons. The first-order chi connectivity index (χ1) is 15.7. The van der Waals surface area contributed by atoms with Crippen LogP contribution in [0.25, 0.3) is 0 Å². The van der Waals surface area contributed by atoms with E-state index in [-0.39, 0.29) is 28.1 Å². The second kappa shape index (κ2) is 7.36. The zero-order valence-corrected chi connectivity index (χ0v) is 23.2. The normalized spacial score (nSPS) is 54.0. The van der Waals surface area contributed by atoms with E-state index in [0.29, 0.717) is 29.1 Å². The monoisotopic (exact) mass is 470 g/mol. The molecule has 0 amide bonds. The first-order valence-corrected chi connectivity index (χ1v) is 14.2. The second-order valence-electron chi connectivity index (χ2n) is 15.2. The number of aliphatic hydroxyl groups is 1. The highest BCUT2D eigenvalue weighted by atomic mass is 16.5. The van der Waals surface area contributed by atoms with Crippen LogP contribution in [0.2, 0.25) is 0 Å². The van der Waals surface area contributed by atoms with Crippen molar-refractivity contribution in [3.05, 3.63) is 11.6 Å². The molecule has 0 aromatic rings. The minimum Gasteiger partial charge on any atom is -0.469 e. The average Bonchev–Trinajstić information content (AvgIpc) is 2.77. The van der Waals surface area contributed by atoms with Gasteiger partial charge >= 0.3 is 5.97 Å². The average molecular weight is 471 g/mol. The maximum absolute atomic E-state index is 13.1. The topological polar surface area (TPSA) is 46.5 Å². The molecule has 3 nitrogen and oxygen atoms in total. The third-order valence-corrected chi connectivity index (χ3v) is 13.3. The molecule has 5 rings (SSSR count). The summed E-state index contributed by atoms with van der Waals surface area (Å²) < 4.78 is 5.30. The van der Waals surface area contributed by atoms with Gasteiger partial charge in [-0.2, -0.15) is 0 Å². The molecule has 0 aliphatic heterocycles. The van der Waals surface area contributed by atoms with Gasteiger partial charge in [0.15, 0.2) is 0 Å². The van der Waals surface area contributed by atoms with Crippen LogP contribution in [0, 0.1) is 50.2 Å². The van der Waals surface area contributed by atoms with Crippen LogP contribution in [0.1, 0.15) is 113 Å². The van der Waals surface area contributed by atoms with Gasteiger partial charge in [-0.3, -0.25) is 4.79 Å². The van der Waals surface area contributed by atoms with E-state index in [0.717, 1.165) is 25.7 Å². The molecular weight excluding hydrogens is 420 g/mol. The summed E-state index contributed by atoms with van der Waals surface area (Å²) in [5, 5.41) is 11.1. The molecule has 0 spiro atoms. The predicted molar refractivity (Wildman–Crippen MR) is 137 cm³/mol. The minimum absolute atomic E-state index is 0.0484. The zero-order valence-electron chi connectivity index (χ0n) is 23.2. The number of esters is 1. The SMILES string of the molecule is COC(=O)C1(C)C(O)CCC2(C)C1CCC1(C)C2CC=C2C3CC(C)(C)CCC3(C)CCC21C. The van der Waals surface area contributed by atoms with Crippen LogP contribution >= 0.6 is 0 Å². The van der Waals surface area contributed by atoms with Crippen molar-refractivity contribution in [2.24, 2.45) is 50.2 Å². The van der Waals surface area contributed by atoms with Crippen molar-refractivity contribution in [2.75, 3.05) is 7.11 Å². The van der Waals surface area contributed by atoms with Crippen molar-refractivity contribution < 1.29 is 14.6 Å². The molecule has 4 saturated carbocycles. The Labute approximate surface area is 208 Å². The zero-order chi connectivity index (χ0) is 24.9. The molecule has 9 unspecified atom stereocenters. The number of fused-ring (bicyclic) bond motifs is 7. The van der Waals surface area contributed by atoms with Gasteiger partial charge in [0.25, 0.3) is 0 Å². The summed E-state index contributed by atoms with van der Waals surface area (Å²) in [4.78, 5) is 13.1. The lowest BCUT2D eigenvalue weighted by atomic mass is 9.33. The van der Waals surface area contributed by atoms with Crippen molar-refractivity contribution in [1.29, 1.82) is 0 Å². The fraction of sp³-hybridized carbons (Fsp3) is 0.903. The summed E-state index contributed by atoms with van der Waals surface area (Å²) in [5.41, 5.74) is 2.42. The Hall–Kier alpha value is -0.830. The number of aliphatic hydroxyl groups excluding tert-OH is 1. The third-order valence-electron chi connectivity index (χ3n) is 13.3. The summed E-state index contributed by atoms with van der Waals surface area (Å²) in [5.74, 6) is 1.22. The van der Waals surface area contributed by atoms with Crippen LogP contribution in [-0.4, -0.2) is 24.3 Å². The summed E-state index contributed by atoms with van der Waals surface area (Å²) in [6.07, 6.45) is 13.8. The molecule has 0 bridgehead atoms. The summed E-state index contributed by atoms with van der Waals surface area (Å²) in [6.45, 7) is 17.3. The molecule has 0 heterocycles. The predicted octanol–water partition coefficient (Wildman–Crippen LogP) is 7.32. The number of rotatable bonds is 1. The number of carbonyl (C=O) groups is 1. The molecule has 34 heavy (non-hydrogen) atoms. The standard InChI is InChI=1S/C31H50O3/c1-26(2)15-16-27(3)17-18-29(5)20(21(27)19-26)9-10-22-28(4)13-12-24(32)31(7,25(33)34-8)23(28)11-14-30(22,29)6/h9,21-24,32H,10-19H2,1-8H3. The van der Waals surface area contributed by atoms with E-state index < -0.39 is 11.5 Å². The Morgan fingerprint density at radius 2 is 1.59 bits per heavy atom. The van der Waals surface area contributed by atoms with Crippen LogP contribution in [-0.2, 0) is 9.53 Å². The van der Waals surface area contributed by atoms with Gasteiger partial charge in [-0.05, 0) is 116 Å². The maximum Gasteiger partial charge on any atom is 0.314 e. The van der Waals surface area contributed by atoms with Crippen LogP contribution in [0.15, 0.2) is 11.6 Å². The Bertz CT molecular complexity index is 904. The Balaban J connectivity index is 1.57. The number of hydrogen-bond donors (Lipinski definition) is 1. The highest BCUT2D eigenvalue weighted by Crippen LogP contribution is 2.75. The van der Waals surface area contributed by atoms with Crippen LogP contribution < -0.4 is 0 Å². The number of ether oxygens (including phenoxy) is 1. The quantitative estimate of drug-likeness (QED) is 0.322. The lowest BCUT2D eigenvalue weighted by Crippen LogP contribution is -2.66. The fourth-order valence-electron chi connectivity index (χ4n) is 10.7. The van der Waals surface area contributed by atoms with Gasteiger partial charge < -0.3 is 9.84 Å². The fourth-order valence-corrected chi connectivity index (χ4v) is 10.7. The number of allylic oxidation sites excluding steroid dienone is 2. The molecule has 5 aliphatic carbocycles. The molecule has 3 heteroatoms. The summed E-state index contributed by atoms with van der Waals surface area (Å²) in [6, 6.07) is 0. The van der Waals surface area contributed by atoms with Gasteiger partial charge in [0.1, 0.15) is 0 Å². The van der Waals surface area contributed by atoms with E-state index in [1.165, 1.54) is 39.2 Å². The van der Waals surface area contributed by atoms with E-state index in [9.17, 15) is 9.90 Å². The van der Waals surface area contributed by atoms with Crippen molar-refractivity contribution in [2.45, 2.75) is 119 Å². The van der Waals surface area contributed by atoms with Gasteiger partial charge in [0.2, 0.25) is 0 Å². The van der Waals surface area contributed by atoms with E-state index in [1.54, 1.807) is 5.57 Å². The molecule has 9 atom stereocenters. The molecule has 0 radical (unpaired) electrons. The molecule has 5 aliphatic rings. The van der Waals surface area contributed by atoms with Crippen molar-refractivity contribution in [1.82, 2.24) is 0 Å². The third kappa shape index (κ3) is 2.94. The molecule has 1 N–H and O–H groups in total. The Morgan fingerprint density at radius 3 is 2.26 bits per heavy atom. The lowest BCUT2D eigenvalue weighted by molar-refractivity contribution is -0.218. The van der Waals surface area contributed by atoms with Crippen molar-refractivity contribution in [3.8, 4) is 0 Å². The highest BCUT2D eigenvalue weighted by Gasteiger charge is 2.69. The van der Waals surface area contributed by atoms with Crippen LogP contribution in [0.4, 0.5) is 0 Å². The molecule has 0 saturated heterocycles. The second-order valence-corrected chi connectivity index (χ2v) is 15.2. The summed E-state index contributed by atoms with van der Waals surface area (Å²) in [7, 11) is 1.49. The van der Waals surface area contributed by atoms with Gasteiger partial charge in [-0.1, -0.05) is 53.2 Å². The van der Waals surface area contributed by atoms with Crippen molar-refractivity contribution >= 4 is 5.97 Å². The van der Waals surface area contributed by atoms with Gasteiger partial charge in [-0.15, -0.1) is 0 Å². The van der Waals surface area contributed by atoms with E-state index in [2.05, 4.69) is 47.6 Å². The van der Waals surface area contributed by atoms with Crippen LogP contribution in [0.5, 0.6) is 0 Å². The van der Waals surface area contributed by atoms with Crippen LogP contribution in [0.3, 0.4) is 0 Å². The molecule has 0 aromatic carbocycles. The highest BCUT2D eigenvalue weighted by molar-refractivity contribution is 5.78. The maximum atomic E-state index is 13.1. The lowest BCUT2D eigenvalue weighted by Gasteiger charge is -2.71. The van der Waals surface area contributed by atoms with Crippen molar-refractivity contribution in [3.63, 3.8) is 0 Å².